The van der Waals surface area contributed by atoms with Crippen molar-refractivity contribution in [2.75, 3.05) is 49.2 Å². The van der Waals surface area contributed by atoms with Crippen LogP contribution in [0.25, 0.3) is 32.9 Å². The fourth-order valence-corrected chi connectivity index (χ4v) is 7.59. The van der Waals surface area contributed by atoms with Gasteiger partial charge in [0.1, 0.15) is 11.6 Å². The minimum Gasteiger partial charge on any atom is -0.508 e. The molecule has 4 fully saturated rings. The van der Waals surface area contributed by atoms with Gasteiger partial charge >= 0.3 is 0 Å². The van der Waals surface area contributed by atoms with Crippen molar-refractivity contribution >= 4 is 33.4 Å². The molecule has 0 aliphatic carbocycles. The van der Waals surface area contributed by atoms with Gasteiger partial charge in [0, 0.05) is 74.2 Å². The fourth-order valence-electron chi connectivity index (χ4n) is 7.59. The number of pyridine rings is 1. The number of anilines is 2. The molecular formula is C32H36N6O2. The van der Waals surface area contributed by atoms with Gasteiger partial charge in [-0.2, -0.15) is 4.98 Å². The number of aryl methyl sites for hydroxylation is 1. The summed E-state index contributed by atoms with van der Waals surface area (Å²) in [4.78, 5) is 20.3. The van der Waals surface area contributed by atoms with Gasteiger partial charge in [-0.15, -0.1) is 0 Å². The molecule has 4 saturated heterocycles. The second kappa shape index (κ2) is 9.28. The summed E-state index contributed by atoms with van der Waals surface area (Å²) in [7, 11) is 0. The van der Waals surface area contributed by atoms with E-state index in [1.807, 2.05) is 36.5 Å². The van der Waals surface area contributed by atoms with Crippen molar-refractivity contribution < 1.29 is 9.84 Å². The van der Waals surface area contributed by atoms with Crippen molar-refractivity contribution in [1.82, 2.24) is 20.3 Å². The Morgan fingerprint density at radius 1 is 0.975 bits per heavy atom. The van der Waals surface area contributed by atoms with E-state index in [0.29, 0.717) is 17.5 Å². The largest absolute Gasteiger partial charge is 0.508 e. The van der Waals surface area contributed by atoms with Crippen molar-refractivity contribution in [2.45, 2.75) is 51.1 Å². The number of phenolic OH excluding ortho intramolecular Hbond substituents is 1. The lowest BCUT2D eigenvalue weighted by Crippen LogP contribution is -2.57. The Morgan fingerprint density at radius 3 is 2.65 bits per heavy atom. The Bertz CT molecular complexity index is 1590. The van der Waals surface area contributed by atoms with Crippen LogP contribution >= 0.6 is 0 Å². The van der Waals surface area contributed by atoms with E-state index in [0.717, 1.165) is 102 Å². The van der Waals surface area contributed by atoms with Crippen LogP contribution in [0.2, 0.25) is 0 Å². The van der Waals surface area contributed by atoms with E-state index in [-0.39, 0.29) is 5.75 Å². The van der Waals surface area contributed by atoms with Crippen molar-refractivity contribution in [1.29, 1.82) is 0 Å². The molecule has 0 radical (unpaired) electrons. The average Bonchev–Trinajstić information content (AvgIpc) is 3.12. The molecule has 6 heterocycles. The van der Waals surface area contributed by atoms with E-state index in [4.69, 9.17) is 19.7 Å². The topological polar surface area (TPSA) is 86.6 Å². The summed E-state index contributed by atoms with van der Waals surface area (Å²) in [6, 6.07) is 12.8. The quantitative estimate of drug-likeness (QED) is 0.386. The highest BCUT2D eigenvalue weighted by molar-refractivity contribution is 6.01. The summed E-state index contributed by atoms with van der Waals surface area (Å²) in [6.45, 7) is 7.74. The summed E-state index contributed by atoms with van der Waals surface area (Å²) >= 11 is 0. The van der Waals surface area contributed by atoms with Gasteiger partial charge in [0.05, 0.1) is 16.6 Å². The predicted molar refractivity (Wildman–Crippen MR) is 158 cm³/mol. The predicted octanol–water partition coefficient (Wildman–Crippen LogP) is 4.81. The average molecular weight is 537 g/mol. The highest BCUT2D eigenvalue weighted by atomic mass is 16.5. The Kier molecular flexibility index (Phi) is 5.64. The number of nitrogens with zero attached hydrogens (tertiary/aromatic N) is 5. The van der Waals surface area contributed by atoms with Crippen molar-refractivity contribution in [3.63, 3.8) is 0 Å². The van der Waals surface area contributed by atoms with Crippen molar-refractivity contribution in [3.8, 4) is 17.0 Å². The lowest BCUT2D eigenvalue weighted by molar-refractivity contribution is 0.119. The van der Waals surface area contributed by atoms with E-state index in [2.05, 4.69) is 28.1 Å². The van der Waals surface area contributed by atoms with Gasteiger partial charge in [-0.25, -0.2) is 4.98 Å². The summed E-state index contributed by atoms with van der Waals surface area (Å²) in [5.74, 6) is 2.07. The molecule has 0 saturated carbocycles. The highest BCUT2D eigenvalue weighted by Gasteiger charge is 2.44. The normalized spacial score (nSPS) is 24.0. The van der Waals surface area contributed by atoms with Crippen LogP contribution in [0.15, 0.2) is 42.6 Å². The molecule has 2 N–H and O–H groups in total. The Labute approximate surface area is 234 Å². The molecule has 2 aromatic heterocycles. The van der Waals surface area contributed by atoms with E-state index >= 15 is 0 Å². The lowest BCUT2D eigenvalue weighted by atomic mass is 9.74. The first-order valence-electron chi connectivity index (χ1n) is 14.8. The molecule has 206 valence electrons. The third-order valence-corrected chi connectivity index (χ3v) is 9.67. The zero-order valence-electron chi connectivity index (χ0n) is 23.1. The van der Waals surface area contributed by atoms with Gasteiger partial charge in [0.25, 0.3) is 0 Å². The third kappa shape index (κ3) is 3.99. The zero-order valence-corrected chi connectivity index (χ0v) is 23.1. The number of rotatable bonds is 3. The molecule has 4 aliphatic rings. The first kappa shape index (κ1) is 24.3. The molecule has 2 unspecified atom stereocenters. The number of hydrogen-bond donors (Lipinski definition) is 2. The van der Waals surface area contributed by atoms with E-state index in [9.17, 15) is 5.11 Å². The summed E-state index contributed by atoms with van der Waals surface area (Å²) in [5, 5.41) is 17.4. The second-order valence-electron chi connectivity index (χ2n) is 12.4. The molecule has 8 nitrogen and oxygen atoms in total. The van der Waals surface area contributed by atoms with Gasteiger partial charge in [0.2, 0.25) is 5.95 Å². The van der Waals surface area contributed by atoms with E-state index in [1.165, 1.54) is 19.3 Å². The standard InChI is InChI=1S/C32H36N6O2/c1-20-28(26-14-24(39)13-21-5-2-3-6-25(21)26)33-15-27-29(20)35-31(38-18-32(19-38)9-4-11-40-12-10-32)36-30(27)37-16-22-7-8-23(17-37)34-22/h2-3,5-6,13-15,22-23,34,39H,4,7-12,16-19H2,1H3. The van der Waals surface area contributed by atoms with Gasteiger partial charge in [-0.1, -0.05) is 24.3 Å². The van der Waals surface area contributed by atoms with Crippen LogP contribution < -0.4 is 15.1 Å². The number of ether oxygens (including phenoxy) is 1. The maximum Gasteiger partial charge on any atom is 0.227 e. The minimum absolute atomic E-state index is 0.244. The van der Waals surface area contributed by atoms with E-state index < -0.39 is 0 Å². The number of aromatic nitrogens is 3. The molecule has 1 spiro atoms. The number of phenols is 1. The number of nitrogens with one attached hydrogen (secondary N) is 1. The number of hydrogen-bond acceptors (Lipinski definition) is 8. The maximum absolute atomic E-state index is 10.6. The molecule has 2 atom stereocenters. The second-order valence-corrected chi connectivity index (χ2v) is 12.4. The minimum atomic E-state index is 0.244. The van der Waals surface area contributed by atoms with Crippen LogP contribution in [0.5, 0.6) is 5.75 Å². The number of benzene rings is 2. The summed E-state index contributed by atoms with van der Waals surface area (Å²) < 4.78 is 5.77. The van der Waals surface area contributed by atoms with E-state index in [1.54, 1.807) is 0 Å². The number of aromatic hydroxyl groups is 1. The van der Waals surface area contributed by atoms with Crippen molar-refractivity contribution in [2.24, 2.45) is 5.41 Å². The summed E-state index contributed by atoms with van der Waals surface area (Å²) in [6.07, 6.45) is 7.86. The molecule has 4 aliphatic heterocycles. The first-order valence-corrected chi connectivity index (χ1v) is 14.8. The lowest BCUT2D eigenvalue weighted by Gasteiger charge is -2.50. The van der Waals surface area contributed by atoms with Gasteiger partial charge < -0.3 is 25.0 Å². The van der Waals surface area contributed by atoms with Gasteiger partial charge in [-0.05, 0) is 61.9 Å². The van der Waals surface area contributed by atoms with Crippen LogP contribution in [0, 0.1) is 12.3 Å². The van der Waals surface area contributed by atoms with Crippen molar-refractivity contribution in [3.05, 3.63) is 48.2 Å². The van der Waals surface area contributed by atoms with Crippen LogP contribution in [-0.4, -0.2) is 71.5 Å². The zero-order chi connectivity index (χ0) is 26.8. The molecule has 8 rings (SSSR count). The SMILES string of the molecule is Cc1c(-c2cc(O)cc3ccccc23)ncc2c(N3CC4CCC(C3)N4)nc(N3CC4(CCCOCC4)C3)nc12. The van der Waals surface area contributed by atoms with Crippen LogP contribution in [-0.2, 0) is 4.74 Å². The molecule has 40 heavy (non-hydrogen) atoms. The summed E-state index contributed by atoms with van der Waals surface area (Å²) in [5.41, 5.74) is 4.08. The molecule has 0 amide bonds. The monoisotopic (exact) mass is 536 g/mol. The molecule has 2 aromatic carbocycles. The molecular weight excluding hydrogens is 500 g/mol. The smallest absolute Gasteiger partial charge is 0.227 e. The van der Waals surface area contributed by atoms with Crippen LogP contribution in [0.4, 0.5) is 11.8 Å². The van der Waals surface area contributed by atoms with Crippen LogP contribution in [0.1, 0.15) is 37.7 Å². The van der Waals surface area contributed by atoms with Crippen LogP contribution in [0.3, 0.4) is 0 Å². The Morgan fingerprint density at radius 2 is 1.80 bits per heavy atom. The van der Waals surface area contributed by atoms with Gasteiger partial charge in [0.15, 0.2) is 0 Å². The fraction of sp³-hybridized carbons (Fsp3) is 0.469. The number of piperazine rings is 1. The first-order chi connectivity index (χ1) is 19.6. The molecule has 2 bridgehead atoms. The molecule has 4 aromatic rings. The van der Waals surface area contributed by atoms with Gasteiger partial charge in [-0.3, -0.25) is 4.98 Å². The maximum atomic E-state index is 10.6. The highest BCUT2D eigenvalue weighted by Crippen LogP contribution is 2.43. The Hall–Kier alpha value is -3.49. The Balaban J connectivity index is 1.26. The third-order valence-electron chi connectivity index (χ3n) is 9.67. The molecule has 8 heteroatoms. The number of fused-ring (bicyclic) bond motifs is 4.